The molecule has 5 nitrogen and oxygen atoms in total. The van der Waals surface area contributed by atoms with Crippen molar-refractivity contribution in [2.24, 2.45) is 0 Å². The molecule has 108 valence electrons. The number of H-pyrrole nitrogens is 1. The Kier molecular flexibility index (Phi) is 4.74. The van der Waals surface area contributed by atoms with Gasteiger partial charge in [-0.1, -0.05) is 0 Å². The Morgan fingerprint density at radius 1 is 1.32 bits per heavy atom. The van der Waals surface area contributed by atoms with E-state index in [2.05, 4.69) is 30.7 Å². The normalized spacial score (nSPS) is 12.8. The SMILES string of the molecule is CC(C)(C)OC(=O)CN(Cc1ncc[nH]1)C(C)(C)C. The van der Waals surface area contributed by atoms with Gasteiger partial charge in [0.15, 0.2) is 0 Å². The Labute approximate surface area is 115 Å². The van der Waals surface area contributed by atoms with Crippen molar-refractivity contribution >= 4 is 5.97 Å². The molecule has 0 spiro atoms. The first-order valence-electron chi connectivity index (χ1n) is 6.53. The van der Waals surface area contributed by atoms with Crippen molar-refractivity contribution in [3.63, 3.8) is 0 Å². The highest BCUT2D eigenvalue weighted by Gasteiger charge is 2.27. The van der Waals surface area contributed by atoms with Crippen LogP contribution >= 0.6 is 0 Å². The predicted octanol–water partition coefficient (Wildman–Crippen LogP) is 2.35. The molecule has 0 amide bonds. The van der Waals surface area contributed by atoms with Gasteiger partial charge in [0.05, 0.1) is 13.1 Å². The van der Waals surface area contributed by atoms with Crippen LogP contribution in [-0.2, 0) is 16.1 Å². The zero-order chi connectivity index (χ0) is 14.7. The molecule has 1 rings (SSSR count). The van der Waals surface area contributed by atoms with Gasteiger partial charge in [0.2, 0.25) is 0 Å². The fourth-order valence-electron chi connectivity index (χ4n) is 1.63. The lowest BCUT2D eigenvalue weighted by molar-refractivity contribution is -0.157. The Hall–Kier alpha value is -1.36. The van der Waals surface area contributed by atoms with Crippen molar-refractivity contribution < 1.29 is 9.53 Å². The number of carbonyl (C=O) groups is 1. The van der Waals surface area contributed by atoms with Gasteiger partial charge in [-0.3, -0.25) is 9.69 Å². The number of carbonyl (C=O) groups excluding carboxylic acids is 1. The van der Waals surface area contributed by atoms with Gasteiger partial charge >= 0.3 is 5.97 Å². The van der Waals surface area contributed by atoms with Gasteiger partial charge in [-0.25, -0.2) is 4.98 Å². The average Bonchev–Trinajstić information content (AvgIpc) is 2.64. The summed E-state index contributed by atoms with van der Waals surface area (Å²) in [4.78, 5) is 21.2. The van der Waals surface area contributed by atoms with Crippen LogP contribution in [0.4, 0.5) is 0 Å². The summed E-state index contributed by atoms with van der Waals surface area (Å²) in [5.74, 6) is 0.632. The second-order valence-electron chi connectivity index (χ2n) is 6.65. The molecule has 0 saturated heterocycles. The van der Waals surface area contributed by atoms with Crippen LogP contribution in [0.2, 0.25) is 0 Å². The van der Waals surface area contributed by atoms with Crippen LogP contribution in [0.25, 0.3) is 0 Å². The molecule has 1 aromatic heterocycles. The first-order chi connectivity index (χ1) is 8.58. The topological polar surface area (TPSA) is 58.2 Å². The van der Waals surface area contributed by atoms with Gasteiger partial charge in [0, 0.05) is 17.9 Å². The Bertz CT molecular complexity index is 399. The maximum Gasteiger partial charge on any atom is 0.320 e. The average molecular weight is 267 g/mol. The number of nitrogens with one attached hydrogen (secondary N) is 1. The highest BCUT2D eigenvalue weighted by Crippen LogP contribution is 2.17. The predicted molar refractivity (Wildman–Crippen MR) is 74.6 cm³/mol. The third kappa shape index (κ3) is 5.87. The molecule has 1 N–H and O–H groups in total. The smallest absolute Gasteiger partial charge is 0.320 e. The molecule has 0 aromatic carbocycles. The van der Waals surface area contributed by atoms with E-state index in [0.29, 0.717) is 6.54 Å². The van der Waals surface area contributed by atoms with E-state index in [0.717, 1.165) is 5.82 Å². The number of nitrogens with zero attached hydrogens (tertiary/aromatic N) is 2. The number of hydrogen-bond donors (Lipinski definition) is 1. The fraction of sp³-hybridized carbons (Fsp3) is 0.714. The minimum absolute atomic E-state index is 0.135. The Morgan fingerprint density at radius 2 is 1.95 bits per heavy atom. The minimum atomic E-state index is -0.453. The number of imidazole rings is 1. The lowest BCUT2D eigenvalue weighted by Crippen LogP contribution is -2.45. The molecule has 0 atom stereocenters. The number of aromatic amines is 1. The van der Waals surface area contributed by atoms with Crippen LogP contribution < -0.4 is 0 Å². The van der Waals surface area contributed by atoms with E-state index in [9.17, 15) is 4.79 Å². The summed E-state index contributed by atoms with van der Waals surface area (Å²) in [7, 11) is 0. The van der Waals surface area contributed by atoms with Crippen molar-refractivity contribution in [1.82, 2.24) is 14.9 Å². The second kappa shape index (κ2) is 5.74. The summed E-state index contributed by atoms with van der Waals surface area (Å²) in [6.07, 6.45) is 3.49. The standard InChI is InChI=1S/C14H25N3O2/c1-13(2,3)17(9-11-15-7-8-16-11)10-12(18)19-14(4,5)6/h7-8H,9-10H2,1-6H3,(H,15,16). The summed E-state index contributed by atoms with van der Waals surface area (Å²) < 4.78 is 5.37. The van der Waals surface area contributed by atoms with Crippen LogP contribution in [0, 0.1) is 0 Å². The van der Waals surface area contributed by atoms with Gasteiger partial charge in [0.25, 0.3) is 0 Å². The van der Waals surface area contributed by atoms with Crippen molar-refractivity contribution in [2.75, 3.05) is 6.54 Å². The van der Waals surface area contributed by atoms with Gasteiger partial charge in [-0.05, 0) is 41.5 Å². The lowest BCUT2D eigenvalue weighted by atomic mass is 10.1. The maximum atomic E-state index is 11.9. The van der Waals surface area contributed by atoms with Gasteiger partial charge in [-0.2, -0.15) is 0 Å². The van der Waals surface area contributed by atoms with E-state index in [1.54, 1.807) is 12.4 Å². The van der Waals surface area contributed by atoms with Gasteiger partial charge in [0.1, 0.15) is 11.4 Å². The summed E-state index contributed by atoms with van der Waals surface area (Å²) in [6.45, 7) is 12.7. The van der Waals surface area contributed by atoms with E-state index in [1.807, 2.05) is 25.7 Å². The minimum Gasteiger partial charge on any atom is -0.459 e. The second-order valence-corrected chi connectivity index (χ2v) is 6.65. The molecule has 0 aliphatic rings. The van der Waals surface area contributed by atoms with Crippen molar-refractivity contribution in [1.29, 1.82) is 0 Å². The van der Waals surface area contributed by atoms with E-state index in [-0.39, 0.29) is 18.1 Å². The number of ether oxygens (including phenoxy) is 1. The summed E-state index contributed by atoms with van der Waals surface area (Å²) in [5, 5.41) is 0. The number of aromatic nitrogens is 2. The van der Waals surface area contributed by atoms with Crippen molar-refractivity contribution in [3.8, 4) is 0 Å². The molecule has 0 radical (unpaired) electrons. The van der Waals surface area contributed by atoms with Crippen LogP contribution in [0.5, 0.6) is 0 Å². The fourth-order valence-corrected chi connectivity index (χ4v) is 1.63. The molecule has 1 heterocycles. The van der Waals surface area contributed by atoms with Crippen LogP contribution in [0.15, 0.2) is 12.4 Å². The first-order valence-corrected chi connectivity index (χ1v) is 6.53. The highest BCUT2D eigenvalue weighted by atomic mass is 16.6. The van der Waals surface area contributed by atoms with E-state index < -0.39 is 5.60 Å². The van der Waals surface area contributed by atoms with Crippen LogP contribution in [0.1, 0.15) is 47.4 Å². The van der Waals surface area contributed by atoms with Gasteiger partial charge < -0.3 is 9.72 Å². The zero-order valence-electron chi connectivity index (χ0n) is 12.8. The number of esters is 1. The molecular weight excluding hydrogens is 242 g/mol. The lowest BCUT2D eigenvalue weighted by Gasteiger charge is -2.34. The monoisotopic (exact) mass is 267 g/mol. The maximum absolute atomic E-state index is 11.9. The summed E-state index contributed by atoms with van der Waals surface area (Å²) >= 11 is 0. The third-order valence-electron chi connectivity index (χ3n) is 2.58. The molecule has 0 bridgehead atoms. The number of rotatable bonds is 4. The quantitative estimate of drug-likeness (QED) is 0.851. The van der Waals surface area contributed by atoms with Crippen molar-refractivity contribution in [3.05, 3.63) is 18.2 Å². The van der Waals surface area contributed by atoms with Crippen LogP contribution in [-0.4, -0.2) is 38.5 Å². The van der Waals surface area contributed by atoms with E-state index >= 15 is 0 Å². The molecule has 1 aromatic rings. The molecule has 5 heteroatoms. The third-order valence-corrected chi connectivity index (χ3v) is 2.58. The van der Waals surface area contributed by atoms with Crippen LogP contribution in [0.3, 0.4) is 0 Å². The molecule has 0 aliphatic heterocycles. The zero-order valence-corrected chi connectivity index (χ0v) is 12.8. The summed E-state index contributed by atoms with van der Waals surface area (Å²) in [6, 6.07) is 0. The highest BCUT2D eigenvalue weighted by molar-refractivity contribution is 5.72. The Balaban J connectivity index is 2.68. The Morgan fingerprint density at radius 3 is 2.37 bits per heavy atom. The largest absolute Gasteiger partial charge is 0.459 e. The number of hydrogen-bond acceptors (Lipinski definition) is 4. The summed E-state index contributed by atoms with van der Waals surface area (Å²) in [5.41, 5.74) is -0.588. The first kappa shape index (κ1) is 15.7. The molecule has 0 saturated carbocycles. The van der Waals surface area contributed by atoms with E-state index in [4.69, 9.17) is 4.74 Å². The molecular formula is C14H25N3O2. The molecule has 19 heavy (non-hydrogen) atoms. The van der Waals surface area contributed by atoms with Crippen molar-refractivity contribution in [2.45, 2.75) is 59.2 Å². The molecule has 0 fully saturated rings. The van der Waals surface area contributed by atoms with E-state index in [1.165, 1.54) is 0 Å². The molecule has 0 aliphatic carbocycles. The molecule has 0 unspecified atom stereocenters. The van der Waals surface area contributed by atoms with Gasteiger partial charge in [-0.15, -0.1) is 0 Å².